The Morgan fingerprint density at radius 3 is 2.35 bits per heavy atom. The van der Waals surface area contributed by atoms with Crippen molar-refractivity contribution in [3.05, 3.63) is 65.7 Å². The van der Waals surface area contributed by atoms with Gasteiger partial charge in [-0.25, -0.2) is 9.69 Å². The van der Waals surface area contributed by atoms with E-state index in [1.807, 2.05) is 49.2 Å². The van der Waals surface area contributed by atoms with Crippen LogP contribution in [0.2, 0.25) is 0 Å². The number of hydrogen-bond acceptors (Lipinski definition) is 5. The minimum atomic E-state index is -0.987. The van der Waals surface area contributed by atoms with Crippen LogP contribution in [0.1, 0.15) is 24.5 Å². The molecule has 2 aliphatic heterocycles. The molecule has 2 aromatic rings. The SMILES string of the molecule is CC[C@]1(c2ccccc2)NC(=O)N(CN(C)Cc2ccc(N3CCOCC3)cc2)C1=O. The summed E-state index contributed by atoms with van der Waals surface area (Å²) in [5.74, 6) is -0.194. The summed E-state index contributed by atoms with van der Waals surface area (Å²) >= 11 is 0. The Hall–Kier alpha value is -2.90. The van der Waals surface area contributed by atoms with Crippen molar-refractivity contribution in [2.75, 3.05) is 44.9 Å². The number of anilines is 1. The Bertz CT molecular complexity index is 912. The van der Waals surface area contributed by atoms with Gasteiger partial charge >= 0.3 is 6.03 Å². The first kappa shape index (κ1) is 21.3. The number of carbonyl (C=O) groups excluding carboxylic acids is 2. The highest BCUT2D eigenvalue weighted by Crippen LogP contribution is 2.32. The highest BCUT2D eigenvalue weighted by molar-refractivity contribution is 6.07. The minimum absolute atomic E-state index is 0.194. The number of ether oxygens (including phenoxy) is 1. The summed E-state index contributed by atoms with van der Waals surface area (Å²) in [5.41, 5.74) is 2.16. The van der Waals surface area contributed by atoms with Crippen LogP contribution in [0.4, 0.5) is 10.5 Å². The predicted octanol–water partition coefficient (Wildman–Crippen LogP) is 2.77. The first-order chi connectivity index (χ1) is 15.0. The standard InChI is InChI=1S/C24H30N4O3/c1-3-24(20-7-5-4-6-8-20)22(29)28(23(30)25-24)18-26(2)17-19-9-11-21(12-10-19)27-13-15-31-16-14-27/h4-12H,3,13-18H2,1-2H3,(H,25,30)/t24-/m1/s1. The first-order valence-corrected chi connectivity index (χ1v) is 10.8. The van der Waals surface area contributed by atoms with Crippen molar-refractivity contribution < 1.29 is 14.3 Å². The number of morpholine rings is 1. The van der Waals surface area contributed by atoms with Crippen LogP contribution in [-0.2, 0) is 21.6 Å². The van der Waals surface area contributed by atoms with Gasteiger partial charge in [-0.3, -0.25) is 9.69 Å². The fourth-order valence-electron chi connectivity index (χ4n) is 4.35. The van der Waals surface area contributed by atoms with E-state index in [9.17, 15) is 9.59 Å². The summed E-state index contributed by atoms with van der Waals surface area (Å²) in [6.45, 7) is 6.15. The van der Waals surface area contributed by atoms with Crippen molar-refractivity contribution in [3.8, 4) is 0 Å². The number of benzene rings is 2. The first-order valence-electron chi connectivity index (χ1n) is 10.8. The van der Waals surface area contributed by atoms with Gasteiger partial charge < -0.3 is 15.0 Å². The van der Waals surface area contributed by atoms with E-state index in [-0.39, 0.29) is 18.6 Å². The van der Waals surface area contributed by atoms with E-state index in [0.717, 1.165) is 37.4 Å². The van der Waals surface area contributed by atoms with Crippen molar-refractivity contribution in [1.29, 1.82) is 0 Å². The lowest BCUT2D eigenvalue weighted by Gasteiger charge is -2.29. The molecule has 1 N–H and O–H groups in total. The molecule has 7 nitrogen and oxygen atoms in total. The van der Waals surface area contributed by atoms with Crippen LogP contribution in [0, 0.1) is 0 Å². The van der Waals surface area contributed by atoms with Crippen LogP contribution >= 0.6 is 0 Å². The quantitative estimate of drug-likeness (QED) is 0.695. The number of imide groups is 1. The molecule has 1 atom stereocenters. The molecule has 164 valence electrons. The number of carbonyl (C=O) groups is 2. The minimum Gasteiger partial charge on any atom is -0.378 e. The maximum absolute atomic E-state index is 13.3. The normalized spacial score (nSPS) is 21.6. The average molecular weight is 423 g/mol. The molecule has 3 amide bonds. The highest BCUT2D eigenvalue weighted by Gasteiger charge is 2.51. The lowest BCUT2D eigenvalue weighted by atomic mass is 9.87. The molecule has 7 heteroatoms. The number of urea groups is 1. The third-order valence-corrected chi connectivity index (χ3v) is 6.12. The number of rotatable bonds is 7. The van der Waals surface area contributed by atoms with Crippen molar-refractivity contribution in [2.24, 2.45) is 0 Å². The van der Waals surface area contributed by atoms with Gasteiger partial charge in [0.1, 0.15) is 5.54 Å². The van der Waals surface area contributed by atoms with Crippen LogP contribution in [0.3, 0.4) is 0 Å². The molecule has 4 rings (SSSR count). The van der Waals surface area contributed by atoms with E-state index < -0.39 is 5.54 Å². The Morgan fingerprint density at radius 1 is 1.03 bits per heavy atom. The summed E-state index contributed by atoms with van der Waals surface area (Å²) in [6.07, 6.45) is 0.505. The Morgan fingerprint density at radius 2 is 1.71 bits per heavy atom. The second-order valence-electron chi connectivity index (χ2n) is 8.21. The van der Waals surface area contributed by atoms with Crippen molar-refractivity contribution in [3.63, 3.8) is 0 Å². The summed E-state index contributed by atoms with van der Waals surface area (Å²) in [4.78, 5) is 31.6. The van der Waals surface area contributed by atoms with Gasteiger partial charge in [0.05, 0.1) is 19.9 Å². The zero-order valence-corrected chi connectivity index (χ0v) is 18.2. The molecule has 0 radical (unpaired) electrons. The van der Waals surface area contributed by atoms with Gasteiger partial charge in [-0.05, 0) is 36.7 Å². The fraction of sp³-hybridized carbons (Fsp3) is 0.417. The van der Waals surface area contributed by atoms with E-state index in [2.05, 4.69) is 34.5 Å². The van der Waals surface area contributed by atoms with Gasteiger partial charge in [-0.2, -0.15) is 0 Å². The highest BCUT2D eigenvalue weighted by atomic mass is 16.5. The molecule has 2 fully saturated rings. The molecule has 0 spiro atoms. The third kappa shape index (κ3) is 4.29. The van der Waals surface area contributed by atoms with E-state index in [0.29, 0.717) is 13.0 Å². The van der Waals surface area contributed by atoms with Gasteiger partial charge in [-0.1, -0.05) is 49.4 Å². The van der Waals surface area contributed by atoms with Crippen molar-refractivity contribution in [1.82, 2.24) is 15.1 Å². The molecular formula is C24H30N4O3. The Kier molecular flexibility index (Phi) is 6.25. The van der Waals surface area contributed by atoms with Crippen LogP contribution < -0.4 is 10.2 Å². The number of amides is 3. The Labute approximate surface area is 183 Å². The lowest BCUT2D eigenvalue weighted by Crippen LogP contribution is -2.44. The largest absolute Gasteiger partial charge is 0.378 e. The maximum Gasteiger partial charge on any atom is 0.326 e. The monoisotopic (exact) mass is 422 g/mol. The molecule has 0 unspecified atom stereocenters. The zero-order valence-electron chi connectivity index (χ0n) is 18.2. The molecule has 0 aliphatic carbocycles. The smallest absolute Gasteiger partial charge is 0.326 e. The topological polar surface area (TPSA) is 65.1 Å². The summed E-state index contributed by atoms with van der Waals surface area (Å²) in [7, 11) is 1.92. The Balaban J connectivity index is 1.41. The summed E-state index contributed by atoms with van der Waals surface area (Å²) < 4.78 is 5.42. The molecule has 0 aromatic heterocycles. The summed E-state index contributed by atoms with van der Waals surface area (Å²) in [5, 5.41) is 2.94. The number of hydrogen-bond donors (Lipinski definition) is 1. The van der Waals surface area contributed by atoms with E-state index in [1.54, 1.807) is 0 Å². The van der Waals surface area contributed by atoms with Gasteiger partial charge in [0.25, 0.3) is 5.91 Å². The van der Waals surface area contributed by atoms with Crippen molar-refractivity contribution in [2.45, 2.75) is 25.4 Å². The molecule has 0 bridgehead atoms. The maximum atomic E-state index is 13.3. The molecule has 2 saturated heterocycles. The number of nitrogens with one attached hydrogen (secondary N) is 1. The predicted molar refractivity (Wildman–Crippen MR) is 120 cm³/mol. The van der Waals surface area contributed by atoms with Gasteiger partial charge in [-0.15, -0.1) is 0 Å². The van der Waals surface area contributed by atoms with Crippen LogP contribution in [0.15, 0.2) is 54.6 Å². The zero-order chi connectivity index (χ0) is 21.8. The summed E-state index contributed by atoms with van der Waals surface area (Å²) in [6, 6.07) is 17.6. The molecule has 0 saturated carbocycles. The van der Waals surface area contributed by atoms with Crippen LogP contribution in [0.25, 0.3) is 0 Å². The molecule has 2 heterocycles. The lowest BCUT2D eigenvalue weighted by molar-refractivity contribution is -0.133. The van der Waals surface area contributed by atoms with E-state index in [4.69, 9.17) is 4.74 Å². The van der Waals surface area contributed by atoms with Gasteiger partial charge in [0.15, 0.2) is 0 Å². The second-order valence-corrected chi connectivity index (χ2v) is 8.21. The fourth-order valence-corrected chi connectivity index (χ4v) is 4.35. The van der Waals surface area contributed by atoms with Gasteiger partial charge in [0.2, 0.25) is 0 Å². The van der Waals surface area contributed by atoms with E-state index >= 15 is 0 Å². The average Bonchev–Trinajstić information content (AvgIpc) is 3.06. The second kappa shape index (κ2) is 9.08. The van der Waals surface area contributed by atoms with Crippen molar-refractivity contribution >= 4 is 17.6 Å². The van der Waals surface area contributed by atoms with Crippen LogP contribution in [0.5, 0.6) is 0 Å². The van der Waals surface area contributed by atoms with E-state index in [1.165, 1.54) is 10.6 Å². The third-order valence-electron chi connectivity index (χ3n) is 6.12. The van der Waals surface area contributed by atoms with Crippen LogP contribution in [-0.4, -0.2) is 61.8 Å². The molecule has 2 aromatic carbocycles. The van der Waals surface area contributed by atoms with Gasteiger partial charge in [0, 0.05) is 25.3 Å². The molecular weight excluding hydrogens is 392 g/mol. The molecule has 2 aliphatic rings. The molecule has 31 heavy (non-hydrogen) atoms. The number of nitrogens with zero attached hydrogens (tertiary/aromatic N) is 3.